The molecular weight excluding hydrogens is 266 g/mol. The predicted molar refractivity (Wildman–Crippen MR) is 80.1 cm³/mol. The van der Waals surface area contributed by atoms with E-state index in [0.717, 1.165) is 49.5 Å². The molecule has 1 N–H and O–H groups in total. The molecular formula is C16H25N3O2. The van der Waals surface area contributed by atoms with Crippen molar-refractivity contribution in [3.63, 3.8) is 0 Å². The van der Waals surface area contributed by atoms with Crippen LogP contribution in [0.5, 0.6) is 0 Å². The second-order valence-electron chi connectivity index (χ2n) is 6.49. The number of hydrogen-bond donors (Lipinski definition) is 1. The van der Waals surface area contributed by atoms with E-state index in [0.29, 0.717) is 6.42 Å². The number of rotatable bonds is 2. The largest absolute Gasteiger partial charge is 0.361 e. The standard InChI is InChI=1S/C16H25N3O2/c1-12-14(13(2)21-18-12)10-15(20)19-9-8-17-11-16(19)6-4-3-5-7-16/h17H,3-11H2,1-2H3. The van der Waals surface area contributed by atoms with Crippen LogP contribution in [0.25, 0.3) is 0 Å². The first-order valence-corrected chi connectivity index (χ1v) is 8.05. The Balaban J connectivity index is 1.78. The van der Waals surface area contributed by atoms with Gasteiger partial charge in [-0.05, 0) is 26.7 Å². The van der Waals surface area contributed by atoms with E-state index in [1.54, 1.807) is 0 Å². The zero-order chi connectivity index (χ0) is 14.9. The van der Waals surface area contributed by atoms with Crippen molar-refractivity contribution in [2.24, 2.45) is 0 Å². The Morgan fingerprint density at radius 2 is 2.10 bits per heavy atom. The Morgan fingerprint density at radius 3 is 2.76 bits per heavy atom. The smallest absolute Gasteiger partial charge is 0.227 e. The summed E-state index contributed by atoms with van der Waals surface area (Å²) in [7, 11) is 0. The molecule has 2 fully saturated rings. The lowest BCUT2D eigenvalue weighted by atomic mass is 9.78. The molecule has 0 atom stereocenters. The van der Waals surface area contributed by atoms with Gasteiger partial charge in [0.05, 0.1) is 17.7 Å². The fraction of sp³-hybridized carbons (Fsp3) is 0.750. The van der Waals surface area contributed by atoms with Gasteiger partial charge < -0.3 is 14.7 Å². The van der Waals surface area contributed by atoms with Gasteiger partial charge in [0.2, 0.25) is 5.91 Å². The summed E-state index contributed by atoms with van der Waals surface area (Å²) in [6, 6.07) is 0. The average molecular weight is 291 g/mol. The molecule has 2 aliphatic rings. The molecule has 1 aromatic rings. The normalized spacial score (nSPS) is 21.7. The number of carbonyl (C=O) groups excluding carboxylic acids is 1. The van der Waals surface area contributed by atoms with Crippen molar-refractivity contribution < 1.29 is 9.32 Å². The van der Waals surface area contributed by atoms with Crippen molar-refractivity contribution >= 4 is 5.91 Å². The topological polar surface area (TPSA) is 58.4 Å². The first kappa shape index (κ1) is 14.6. The monoisotopic (exact) mass is 291 g/mol. The number of aryl methyl sites for hydroxylation is 2. The molecule has 2 heterocycles. The number of amides is 1. The molecule has 1 amide bonds. The summed E-state index contributed by atoms with van der Waals surface area (Å²) in [6.45, 7) is 6.46. The molecule has 1 aliphatic heterocycles. The summed E-state index contributed by atoms with van der Waals surface area (Å²) in [5, 5.41) is 7.45. The van der Waals surface area contributed by atoms with Gasteiger partial charge in [0.15, 0.2) is 0 Å². The molecule has 0 unspecified atom stereocenters. The minimum absolute atomic E-state index is 0.0482. The summed E-state index contributed by atoms with van der Waals surface area (Å²) in [6.07, 6.45) is 6.45. The van der Waals surface area contributed by atoms with Crippen LogP contribution in [-0.2, 0) is 11.2 Å². The second-order valence-corrected chi connectivity index (χ2v) is 6.49. The Bertz CT molecular complexity index is 490. The maximum atomic E-state index is 12.9. The van der Waals surface area contributed by atoms with Gasteiger partial charge >= 0.3 is 0 Å². The third-order valence-corrected chi connectivity index (χ3v) is 5.13. The van der Waals surface area contributed by atoms with Crippen LogP contribution in [0.15, 0.2) is 4.52 Å². The minimum atomic E-state index is 0.0482. The third-order valence-electron chi connectivity index (χ3n) is 5.13. The lowest BCUT2D eigenvalue weighted by molar-refractivity contribution is -0.140. The van der Waals surface area contributed by atoms with Crippen LogP contribution in [0.1, 0.15) is 49.1 Å². The van der Waals surface area contributed by atoms with E-state index in [4.69, 9.17) is 4.52 Å². The Labute approximate surface area is 126 Å². The highest BCUT2D eigenvalue weighted by Crippen LogP contribution is 2.35. The van der Waals surface area contributed by atoms with Crippen LogP contribution < -0.4 is 5.32 Å². The van der Waals surface area contributed by atoms with Crippen molar-refractivity contribution in [3.8, 4) is 0 Å². The maximum absolute atomic E-state index is 12.9. The van der Waals surface area contributed by atoms with Crippen LogP contribution in [0, 0.1) is 13.8 Å². The van der Waals surface area contributed by atoms with E-state index in [1.807, 2.05) is 13.8 Å². The van der Waals surface area contributed by atoms with E-state index < -0.39 is 0 Å². The van der Waals surface area contributed by atoms with Crippen molar-refractivity contribution in [1.29, 1.82) is 0 Å². The van der Waals surface area contributed by atoms with E-state index >= 15 is 0 Å². The van der Waals surface area contributed by atoms with Crippen LogP contribution in [0.4, 0.5) is 0 Å². The molecule has 0 aromatic carbocycles. The highest BCUT2D eigenvalue weighted by Gasteiger charge is 2.42. The fourth-order valence-corrected chi connectivity index (χ4v) is 3.89. The maximum Gasteiger partial charge on any atom is 0.227 e. The molecule has 1 aromatic heterocycles. The molecule has 5 nitrogen and oxygen atoms in total. The van der Waals surface area contributed by atoms with Crippen molar-refractivity contribution in [3.05, 3.63) is 17.0 Å². The number of hydrogen-bond acceptors (Lipinski definition) is 4. The van der Waals surface area contributed by atoms with Gasteiger partial charge in [0, 0.05) is 25.2 Å². The summed E-state index contributed by atoms with van der Waals surface area (Å²) in [4.78, 5) is 15.0. The average Bonchev–Trinajstić information content (AvgIpc) is 2.80. The summed E-state index contributed by atoms with van der Waals surface area (Å²) >= 11 is 0. The molecule has 116 valence electrons. The number of nitrogens with zero attached hydrogens (tertiary/aromatic N) is 2. The van der Waals surface area contributed by atoms with Gasteiger partial charge in [0.1, 0.15) is 5.76 Å². The van der Waals surface area contributed by atoms with Gasteiger partial charge in [-0.3, -0.25) is 4.79 Å². The van der Waals surface area contributed by atoms with E-state index in [2.05, 4.69) is 15.4 Å². The quantitative estimate of drug-likeness (QED) is 0.905. The van der Waals surface area contributed by atoms with Gasteiger partial charge in [-0.25, -0.2) is 0 Å². The minimum Gasteiger partial charge on any atom is -0.361 e. The molecule has 0 bridgehead atoms. The van der Waals surface area contributed by atoms with Gasteiger partial charge in [-0.15, -0.1) is 0 Å². The van der Waals surface area contributed by atoms with Gasteiger partial charge in [-0.1, -0.05) is 24.4 Å². The fourth-order valence-electron chi connectivity index (χ4n) is 3.89. The molecule has 1 aliphatic carbocycles. The molecule has 0 radical (unpaired) electrons. The van der Waals surface area contributed by atoms with Crippen LogP contribution in [0.2, 0.25) is 0 Å². The molecule has 3 rings (SSSR count). The number of nitrogens with one attached hydrogen (secondary N) is 1. The van der Waals surface area contributed by atoms with Gasteiger partial charge in [-0.2, -0.15) is 0 Å². The summed E-state index contributed by atoms with van der Waals surface area (Å²) < 4.78 is 5.19. The van der Waals surface area contributed by atoms with Crippen molar-refractivity contribution in [2.45, 2.75) is 57.9 Å². The van der Waals surface area contributed by atoms with E-state index in [-0.39, 0.29) is 11.4 Å². The molecule has 21 heavy (non-hydrogen) atoms. The second kappa shape index (κ2) is 5.79. The number of piperazine rings is 1. The van der Waals surface area contributed by atoms with Crippen molar-refractivity contribution in [2.75, 3.05) is 19.6 Å². The van der Waals surface area contributed by atoms with E-state index in [9.17, 15) is 4.79 Å². The zero-order valence-corrected chi connectivity index (χ0v) is 13.1. The van der Waals surface area contributed by atoms with Gasteiger partial charge in [0.25, 0.3) is 0 Å². The SMILES string of the molecule is Cc1noc(C)c1CC(=O)N1CCNCC12CCCCC2. The first-order chi connectivity index (χ1) is 10.1. The highest BCUT2D eigenvalue weighted by molar-refractivity contribution is 5.80. The molecule has 5 heteroatoms. The predicted octanol–water partition coefficient (Wildman–Crippen LogP) is 1.97. The molecule has 1 saturated heterocycles. The Morgan fingerprint density at radius 1 is 1.33 bits per heavy atom. The zero-order valence-electron chi connectivity index (χ0n) is 13.1. The number of carbonyl (C=O) groups is 1. The van der Waals surface area contributed by atoms with E-state index in [1.165, 1.54) is 19.3 Å². The highest BCUT2D eigenvalue weighted by atomic mass is 16.5. The van der Waals surface area contributed by atoms with Crippen LogP contribution >= 0.6 is 0 Å². The van der Waals surface area contributed by atoms with Crippen LogP contribution in [-0.4, -0.2) is 41.1 Å². The van der Waals surface area contributed by atoms with Crippen LogP contribution in [0.3, 0.4) is 0 Å². The first-order valence-electron chi connectivity index (χ1n) is 8.05. The number of aromatic nitrogens is 1. The Kier molecular flexibility index (Phi) is 4.02. The molecule has 1 saturated carbocycles. The lowest BCUT2D eigenvalue weighted by Crippen LogP contribution is -2.64. The third kappa shape index (κ3) is 2.71. The molecule has 1 spiro atoms. The Hall–Kier alpha value is -1.36. The lowest BCUT2D eigenvalue weighted by Gasteiger charge is -2.50. The summed E-state index contributed by atoms with van der Waals surface area (Å²) in [5.74, 6) is 1.00. The summed E-state index contributed by atoms with van der Waals surface area (Å²) in [5.41, 5.74) is 1.85. The van der Waals surface area contributed by atoms with Crippen molar-refractivity contribution in [1.82, 2.24) is 15.4 Å².